The van der Waals surface area contributed by atoms with Crippen LogP contribution >= 0.6 is 12.4 Å². The molecule has 150 valence electrons. The van der Waals surface area contributed by atoms with Gasteiger partial charge in [0.15, 0.2) is 5.78 Å². The number of ketones is 1. The number of anilines is 1. The number of para-hydroxylation sites is 1. The number of nitrogens with one attached hydrogen (secondary N) is 2. The first-order chi connectivity index (χ1) is 13.2. The van der Waals surface area contributed by atoms with Gasteiger partial charge in [0, 0.05) is 30.6 Å². The fraction of sp³-hybridized carbons (Fsp3) is 0.391. The molecule has 0 saturated heterocycles. The normalized spacial score (nSPS) is 12.6. The molecule has 0 fully saturated rings. The van der Waals surface area contributed by atoms with E-state index < -0.39 is 0 Å². The second-order valence-corrected chi connectivity index (χ2v) is 7.10. The Bertz CT molecular complexity index is 820. The maximum absolute atomic E-state index is 12.5. The Morgan fingerprint density at radius 1 is 0.964 bits per heavy atom. The topological polar surface area (TPSA) is 58.2 Å². The van der Waals surface area contributed by atoms with Gasteiger partial charge in [-0.15, -0.1) is 12.4 Å². The van der Waals surface area contributed by atoms with Crippen molar-refractivity contribution in [2.75, 3.05) is 11.9 Å². The Labute approximate surface area is 173 Å². The highest BCUT2D eigenvalue weighted by atomic mass is 35.5. The van der Waals surface area contributed by atoms with Gasteiger partial charge in [-0.1, -0.05) is 37.3 Å². The van der Waals surface area contributed by atoms with E-state index in [-0.39, 0.29) is 36.9 Å². The minimum atomic E-state index is -0.120. The molecule has 4 nitrogen and oxygen atoms in total. The maximum Gasteiger partial charge on any atom is 0.224 e. The largest absolute Gasteiger partial charge is 0.326 e. The molecule has 1 aliphatic carbocycles. The number of halogens is 1. The van der Waals surface area contributed by atoms with E-state index in [1.54, 1.807) is 0 Å². The van der Waals surface area contributed by atoms with Gasteiger partial charge in [-0.2, -0.15) is 0 Å². The molecule has 1 aliphatic rings. The van der Waals surface area contributed by atoms with Crippen LogP contribution in [0.1, 0.15) is 59.7 Å². The van der Waals surface area contributed by atoms with Crippen LogP contribution in [0.15, 0.2) is 42.5 Å². The molecule has 1 amide bonds. The first kappa shape index (κ1) is 22.1. The zero-order valence-corrected chi connectivity index (χ0v) is 17.2. The average molecular weight is 401 g/mol. The van der Waals surface area contributed by atoms with E-state index >= 15 is 0 Å². The average Bonchev–Trinajstić information content (AvgIpc) is 2.71. The van der Waals surface area contributed by atoms with E-state index in [0.717, 1.165) is 36.2 Å². The number of carbonyl (C=O) groups is 2. The zero-order chi connectivity index (χ0) is 19.1. The van der Waals surface area contributed by atoms with Crippen LogP contribution in [0.5, 0.6) is 0 Å². The van der Waals surface area contributed by atoms with Crippen molar-refractivity contribution in [2.45, 2.75) is 52.0 Å². The Balaban J connectivity index is 0.00000280. The molecular weight excluding hydrogens is 372 g/mol. The summed E-state index contributed by atoms with van der Waals surface area (Å²) in [6, 6.07) is 13.8. The zero-order valence-electron chi connectivity index (χ0n) is 16.4. The molecule has 2 aromatic carbocycles. The Kier molecular flexibility index (Phi) is 8.68. The van der Waals surface area contributed by atoms with Crippen LogP contribution in [0.4, 0.5) is 5.69 Å². The van der Waals surface area contributed by atoms with Crippen molar-refractivity contribution in [3.05, 3.63) is 64.7 Å². The molecule has 0 spiro atoms. The third kappa shape index (κ3) is 5.91. The number of hydrogen-bond acceptors (Lipinski definition) is 3. The van der Waals surface area contributed by atoms with Crippen molar-refractivity contribution in [3.63, 3.8) is 0 Å². The number of fused-ring (bicyclic) bond motifs is 1. The van der Waals surface area contributed by atoms with Crippen molar-refractivity contribution >= 4 is 29.8 Å². The Morgan fingerprint density at radius 2 is 1.71 bits per heavy atom. The van der Waals surface area contributed by atoms with Gasteiger partial charge in [0.2, 0.25) is 5.91 Å². The summed E-state index contributed by atoms with van der Waals surface area (Å²) in [5.41, 5.74) is 5.26. The standard InChI is InChI=1S/C23H28N2O2.ClH/c1-2-24-16-20-9-5-6-10-21(20)25-23(27)14-13-22(26)19-12-11-17-7-3-4-8-18(17)15-19;/h5-6,9-12,15,24H,2-4,7-8,13-14,16H2,1H3,(H,25,27);1H. The summed E-state index contributed by atoms with van der Waals surface area (Å²) >= 11 is 0. The van der Waals surface area contributed by atoms with Crippen LogP contribution in [0.2, 0.25) is 0 Å². The number of amides is 1. The van der Waals surface area contributed by atoms with Gasteiger partial charge in [0.25, 0.3) is 0 Å². The summed E-state index contributed by atoms with van der Waals surface area (Å²) in [7, 11) is 0. The quantitative estimate of drug-likeness (QED) is 0.631. The van der Waals surface area contributed by atoms with Gasteiger partial charge in [0.05, 0.1) is 0 Å². The lowest BCUT2D eigenvalue weighted by Crippen LogP contribution is -2.17. The predicted molar refractivity (Wildman–Crippen MR) is 116 cm³/mol. The first-order valence-corrected chi connectivity index (χ1v) is 9.91. The lowest BCUT2D eigenvalue weighted by Gasteiger charge is -2.16. The molecule has 3 rings (SSSR count). The summed E-state index contributed by atoms with van der Waals surface area (Å²) < 4.78 is 0. The van der Waals surface area contributed by atoms with Crippen molar-refractivity contribution in [3.8, 4) is 0 Å². The number of hydrogen-bond donors (Lipinski definition) is 2. The van der Waals surface area contributed by atoms with Crippen molar-refractivity contribution in [2.24, 2.45) is 0 Å². The Hall–Kier alpha value is -2.17. The van der Waals surface area contributed by atoms with Gasteiger partial charge in [-0.05, 0) is 61.1 Å². The van der Waals surface area contributed by atoms with Crippen LogP contribution in [-0.4, -0.2) is 18.2 Å². The van der Waals surface area contributed by atoms with Crippen molar-refractivity contribution in [1.82, 2.24) is 5.32 Å². The minimum absolute atomic E-state index is 0. The van der Waals surface area contributed by atoms with Crippen LogP contribution in [0.3, 0.4) is 0 Å². The highest BCUT2D eigenvalue weighted by molar-refractivity contribution is 6.00. The van der Waals surface area contributed by atoms with E-state index in [1.165, 1.54) is 24.0 Å². The minimum Gasteiger partial charge on any atom is -0.326 e. The first-order valence-electron chi connectivity index (χ1n) is 9.91. The molecule has 0 heterocycles. The highest BCUT2D eigenvalue weighted by Gasteiger charge is 2.14. The van der Waals surface area contributed by atoms with Gasteiger partial charge in [0.1, 0.15) is 0 Å². The molecule has 0 aliphatic heterocycles. The summed E-state index contributed by atoms with van der Waals surface area (Å²) in [5, 5.41) is 6.21. The molecule has 0 saturated carbocycles. The number of aryl methyl sites for hydroxylation is 2. The maximum atomic E-state index is 12.5. The Morgan fingerprint density at radius 3 is 2.50 bits per heavy atom. The van der Waals surface area contributed by atoms with E-state index in [4.69, 9.17) is 0 Å². The molecule has 0 radical (unpaired) electrons. The molecule has 0 aromatic heterocycles. The summed E-state index contributed by atoms with van der Waals surface area (Å²) in [5.74, 6) is -0.0790. The summed E-state index contributed by atoms with van der Waals surface area (Å²) in [4.78, 5) is 24.8. The number of benzene rings is 2. The molecule has 28 heavy (non-hydrogen) atoms. The fourth-order valence-corrected chi connectivity index (χ4v) is 3.55. The predicted octanol–water partition coefficient (Wildman–Crippen LogP) is 4.70. The number of carbonyl (C=O) groups excluding carboxylic acids is 2. The number of Topliss-reactive ketones (excluding diaryl/α,β-unsaturated/α-hetero) is 1. The molecule has 5 heteroatoms. The second-order valence-electron chi connectivity index (χ2n) is 7.10. The van der Waals surface area contributed by atoms with Gasteiger partial charge < -0.3 is 10.6 Å². The lowest BCUT2D eigenvalue weighted by atomic mass is 9.89. The molecular formula is C23H29ClN2O2. The third-order valence-corrected chi connectivity index (χ3v) is 5.11. The van der Waals surface area contributed by atoms with Gasteiger partial charge >= 0.3 is 0 Å². The molecule has 0 bridgehead atoms. The van der Waals surface area contributed by atoms with E-state index in [2.05, 4.69) is 16.7 Å². The van der Waals surface area contributed by atoms with Crippen LogP contribution < -0.4 is 10.6 Å². The summed E-state index contributed by atoms with van der Waals surface area (Å²) in [6.45, 7) is 3.63. The van der Waals surface area contributed by atoms with E-state index in [9.17, 15) is 9.59 Å². The monoisotopic (exact) mass is 400 g/mol. The highest BCUT2D eigenvalue weighted by Crippen LogP contribution is 2.23. The number of rotatable bonds is 8. The van der Waals surface area contributed by atoms with Crippen molar-refractivity contribution in [1.29, 1.82) is 0 Å². The van der Waals surface area contributed by atoms with Crippen LogP contribution in [0.25, 0.3) is 0 Å². The molecule has 2 aromatic rings. The van der Waals surface area contributed by atoms with Crippen molar-refractivity contribution < 1.29 is 9.59 Å². The summed E-state index contributed by atoms with van der Waals surface area (Å²) in [6.07, 6.45) is 5.03. The fourth-order valence-electron chi connectivity index (χ4n) is 3.55. The molecule has 0 unspecified atom stereocenters. The lowest BCUT2D eigenvalue weighted by molar-refractivity contribution is -0.116. The van der Waals surface area contributed by atoms with E-state index in [1.807, 2.05) is 43.3 Å². The second kappa shape index (κ2) is 11.0. The van der Waals surface area contributed by atoms with Gasteiger partial charge in [-0.25, -0.2) is 0 Å². The van der Waals surface area contributed by atoms with Gasteiger partial charge in [-0.3, -0.25) is 9.59 Å². The molecule has 2 N–H and O–H groups in total. The van der Waals surface area contributed by atoms with Crippen LogP contribution in [-0.2, 0) is 24.2 Å². The smallest absolute Gasteiger partial charge is 0.224 e. The van der Waals surface area contributed by atoms with E-state index in [0.29, 0.717) is 6.54 Å². The molecule has 0 atom stereocenters. The van der Waals surface area contributed by atoms with Crippen LogP contribution in [0, 0.1) is 0 Å². The third-order valence-electron chi connectivity index (χ3n) is 5.11. The SMILES string of the molecule is CCNCc1ccccc1NC(=O)CCC(=O)c1ccc2c(c1)CCCC2.Cl.